The summed E-state index contributed by atoms with van der Waals surface area (Å²) in [4.78, 5) is 28.0. The Morgan fingerprint density at radius 3 is 2.30 bits per heavy atom. The number of aryl methyl sites for hydroxylation is 1. The molecule has 2 aromatic carbocycles. The quantitative estimate of drug-likeness (QED) is 0.543. The van der Waals surface area contributed by atoms with E-state index in [1.165, 1.54) is 19.1 Å². The van der Waals surface area contributed by atoms with Crippen molar-refractivity contribution in [2.45, 2.75) is 38.6 Å². The maximum absolute atomic E-state index is 14.2. The fourth-order valence-corrected chi connectivity index (χ4v) is 4.14. The lowest BCUT2D eigenvalue weighted by atomic mass is 10.1. The summed E-state index contributed by atoms with van der Waals surface area (Å²) in [7, 11) is 3.00. The molecule has 4 rings (SSSR count). The number of tetrazole rings is 1. The molecule has 1 saturated carbocycles. The summed E-state index contributed by atoms with van der Waals surface area (Å²) >= 11 is 0. The molecule has 0 N–H and O–H groups in total. The van der Waals surface area contributed by atoms with Gasteiger partial charge in [-0.3, -0.25) is 4.90 Å². The number of rotatable bonds is 5. The Morgan fingerprint density at radius 2 is 1.70 bits per heavy atom. The number of methoxy groups -OCH3 is 2. The summed E-state index contributed by atoms with van der Waals surface area (Å²) in [6.07, 6.45) is 3.25. The molecule has 11 heteroatoms. The molecular formula is C22H23F2N5O4. The minimum atomic E-state index is -1.09. The first-order valence-electron chi connectivity index (χ1n) is 10.4. The van der Waals surface area contributed by atoms with Gasteiger partial charge in [0.25, 0.3) is 0 Å². The molecule has 3 aromatic rings. The van der Waals surface area contributed by atoms with Crippen molar-refractivity contribution in [2.24, 2.45) is 0 Å². The van der Waals surface area contributed by atoms with Crippen molar-refractivity contribution in [2.75, 3.05) is 19.1 Å². The number of benzene rings is 2. The van der Waals surface area contributed by atoms with Gasteiger partial charge in [-0.25, -0.2) is 18.4 Å². The first kappa shape index (κ1) is 22.4. The molecule has 0 atom stereocenters. The minimum Gasteiger partial charge on any atom is -0.496 e. The van der Waals surface area contributed by atoms with Crippen LogP contribution in [-0.2, 0) is 0 Å². The first-order valence-corrected chi connectivity index (χ1v) is 10.4. The van der Waals surface area contributed by atoms with Crippen molar-refractivity contribution >= 4 is 11.7 Å². The van der Waals surface area contributed by atoms with Gasteiger partial charge < -0.3 is 9.47 Å². The van der Waals surface area contributed by atoms with Crippen molar-refractivity contribution in [3.05, 3.63) is 58.0 Å². The zero-order chi connectivity index (χ0) is 23.7. The highest BCUT2D eigenvalue weighted by atomic mass is 19.1. The highest BCUT2D eigenvalue weighted by Crippen LogP contribution is 2.39. The van der Waals surface area contributed by atoms with Gasteiger partial charge in [-0.15, -0.1) is 4.68 Å². The molecule has 174 valence electrons. The summed E-state index contributed by atoms with van der Waals surface area (Å²) in [5, 5.41) is 7.19. The highest BCUT2D eigenvalue weighted by molar-refractivity contribution is 5.95. The third-order valence-corrected chi connectivity index (χ3v) is 5.76. The predicted molar refractivity (Wildman–Crippen MR) is 115 cm³/mol. The van der Waals surface area contributed by atoms with Crippen LogP contribution >= 0.6 is 0 Å². The van der Waals surface area contributed by atoms with E-state index in [1.807, 2.05) is 6.92 Å². The molecule has 1 aliphatic rings. The van der Waals surface area contributed by atoms with Crippen LogP contribution in [0.15, 0.2) is 35.1 Å². The number of aromatic nitrogens is 4. The van der Waals surface area contributed by atoms with Crippen LogP contribution < -0.4 is 20.1 Å². The van der Waals surface area contributed by atoms with Crippen molar-refractivity contribution in [3.8, 4) is 17.2 Å². The van der Waals surface area contributed by atoms with Crippen LogP contribution in [0, 0.1) is 18.6 Å². The Labute approximate surface area is 188 Å². The average molecular weight is 459 g/mol. The number of ether oxygens (including phenoxy) is 2. The van der Waals surface area contributed by atoms with Crippen LogP contribution in [0.5, 0.6) is 11.5 Å². The standard InChI is InChI=1S/C22H23F2N5O4/c1-13-11-17(19(33-3)12-18(13)32-2)27(14-7-4-5-8-14)21(30)29-22(31)28(25-26-29)20-15(23)9-6-10-16(20)24/h6,9-12,14H,4-5,7-8H2,1-3H3. The van der Waals surface area contributed by atoms with E-state index in [4.69, 9.17) is 9.47 Å². The van der Waals surface area contributed by atoms with Crippen molar-refractivity contribution in [3.63, 3.8) is 0 Å². The van der Waals surface area contributed by atoms with Gasteiger partial charge in [0.1, 0.15) is 17.2 Å². The molecule has 1 fully saturated rings. The number of halogens is 2. The van der Waals surface area contributed by atoms with E-state index < -0.39 is 29.0 Å². The van der Waals surface area contributed by atoms with Crippen LogP contribution in [-0.4, -0.2) is 46.1 Å². The second-order valence-electron chi connectivity index (χ2n) is 7.74. The topological polar surface area (TPSA) is 91.5 Å². The van der Waals surface area contributed by atoms with Gasteiger partial charge in [0.2, 0.25) is 0 Å². The van der Waals surface area contributed by atoms with Crippen LogP contribution in [0.25, 0.3) is 5.69 Å². The van der Waals surface area contributed by atoms with Crippen LogP contribution in [0.2, 0.25) is 0 Å². The average Bonchev–Trinajstić information content (AvgIpc) is 3.45. The number of nitrogens with zero attached hydrogens (tertiary/aromatic N) is 5. The van der Waals surface area contributed by atoms with E-state index in [2.05, 4.69) is 10.4 Å². The van der Waals surface area contributed by atoms with Gasteiger partial charge in [0, 0.05) is 12.1 Å². The third kappa shape index (κ3) is 3.94. The van der Waals surface area contributed by atoms with Gasteiger partial charge in [-0.05, 0) is 54.0 Å². The maximum atomic E-state index is 14.2. The molecule has 0 bridgehead atoms. The Morgan fingerprint density at radius 1 is 1.06 bits per heavy atom. The first-order chi connectivity index (χ1) is 15.9. The van der Waals surface area contributed by atoms with Crippen molar-refractivity contribution in [1.82, 2.24) is 19.8 Å². The van der Waals surface area contributed by atoms with Crippen LogP contribution in [0.4, 0.5) is 19.3 Å². The molecule has 0 unspecified atom stereocenters. The van der Waals surface area contributed by atoms with E-state index in [0.29, 0.717) is 39.4 Å². The molecule has 33 heavy (non-hydrogen) atoms. The molecule has 1 aliphatic carbocycles. The number of hydrogen-bond donors (Lipinski definition) is 0. The lowest BCUT2D eigenvalue weighted by Crippen LogP contribution is -2.46. The molecule has 0 aliphatic heterocycles. The smallest absolute Gasteiger partial charge is 0.377 e. The fourth-order valence-electron chi connectivity index (χ4n) is 4.14. The lowest BCUT2D eigenvalue weighted by molar-refractivity contribution is 0.241. The number of amides is 1. The highest BCUT2D eigenvalue weighted by Gasteiger charge is 2.34. The largest absolute Gasteiger partial charge is 0.496 e. The molecule has 1 aromatic heterocycles. The number of para-hydroxylation sites is 1. The second-order valence-corrected chi connectivity index (χ2v) is 7.74. The summed E-state index contributed by atoms with van der Waals surface area (Å²) in [6, 6.07) is 5.52. The van der Waals surface area contributed by atoms with E-state index in [0.717, 1.165) is 36.6 Å². The van der Waals surface area contributed by atoms with Crippen LogP contribution in [0.1, 0.15) is 31.2 Å². The Kier molecular flexibility index (Phi) is 6.12. The van der Waals surface area contributed by atoms with Crippen molar-refractivity contribution < 1.29 is 23.0 Å². The second kappa shape index (κ2) is 9.00. The predicted octanol–water partition coefficient (Wildman–Crippen LogP) is 3.45. The number of anilines is 1. The number of carbonyl (C=O) groups is 1. The van der Waals surface area contributed by atoms with Gasteiger partial charge in [0.15, 0.2) is 11.6 Å². The van der Waals surface area contributed by atoms with E-state index in [9.17, 15) is 18.4 Å². The van der Waals surface area contributed by atoms with E-state index in [-0.39, 0.29) is 6.04 Å². The van der Waals surface area contributed by atoms with Gasteiger partial charge >= 0.3 is 11.7 Å². The van der Waals surface area contributed by atoms with Gasteiger partial charge in [0.05, 0.1) is 19.9 Å². The summed E-state index contributed by atoms with van der Waals surface area (Å²) in [5.41, 5.74) is -0.595. The number of hydrogen-bond acceptors (Lipinski definition) is 6. The summed E-state index contributed by atoms with van der Waals surface area (Å²) in [5.74, 6) is -1.06. The zero-order valence-electron chi connectivity index (χ0n) is 18.4. The third-order valence-electron chi connectivity index (χ3n) is 5.76. The molecule has 0 saturated heterocycles. The normalized spacial score (nSPS) is 13.8. The SMILES string of the molecule is COc1cc(OC)c(N(C(=O)n2nnn(-c3c(F)cccc3F)c2=O)C2CCCC2)cc1C. The van der Waals surface area contributed by atoms with E-state index in [1.54, 1.807) is 12.1 Å². The molecule has 0 radical (unpaired) electrons. The molecular weight excluding hydrogens is 436 g/mol. The molecule has 1 heterocycles. The summed E-state index contributed by atoms with van der Waals surface area (Å²) < 4.78 is 40.2. The number of carbonyl (C=O) groups excluding carboxylic acids is 1. The van der Waals surface area contributed by atoms with Crippen molar-refractivity contribution in [1.29, 1.82) is 0 Å². The van der Waals surface area contributed by atoms with E-state index >= 15 is 0 Å². The summed E-state index contributed by atoms with van der Waals surface area (Å²) in [6.45, 7) is 1.82. The molecule has 0 spiro atoms. The fraction of sp³-hybridized carbons (Fsp3) is 0.364. The Bertz CT molecular complexity index is 1230. The molecule has 1 amide bonds. The lowest BCUT2D eigenvalue weighted by Gasteiger charge is -2.30. The maximum Gasteiger partial charge on any atom is 0.377 e. The Hall–Kier alpha value is -3.76. The van der Waals surface area contributed by atoms with Gasteiger partial charge in [-0.2, -0.15) is 4.68 Å². The Balaban J connectivity index is 1.83. The van der Waals surface area contributed by atoms with Crippen LogP contribution in [0.3, 0.4) is 0 Å². The van der Waals surface area contributed by atoms with Gasteiger partial charge in [-0.1, -0.05) is 18.9 Å². The minimum absolute atomic E-state index is 0.221. The zero-order valence-corrected chi connectivity index (χ0v) is 18.4. The molecule has 9 nitrogen and oxygen atoms in total. The monoisotopic (exact) mass is 459 g/mol.